The average Bonchev–Trinajstić information content (AvgIpc) is 2.96. The number of non-ortho nitro benzene ring substituents is 1. The van der Waals surface area contributed by atoms with E-state index in [4.69, 9.17) is 4.74 Å². The lowest BCUT2D eigenvalue weighted by Crippen LogP contribution is -2.17. The summed E-state index contributed by atoms with van der Waals surface area (Å²) in [5.74, 6) is 0.869. The molecule has 0 bridgehead atoms. The zero-order chi connectivity index (χ0) is 19.3. The molecule has 1 N–H and O–H groups in total. The number of nitrogens with one attached hydrogen (secondary N) is 1. The molecule has 1 aliphatic heterocycles. The Morgan fingerprint density at radius 2 is 1.62 bits per heavy atom. The van der Waals surface area contributed by atoms with Crippen molar-refractivity contribution in [2.45, 2.75) is 58.6 Å². The second-order valence-electron chi connectivity index (χ2n) is 8.89. The molecular formula is C21H26N2O3. The Bertz CT molecular complexity index is 843. The van der Waals surface area contributed by atoms with E-state index in [1.807, 2.05) is 0 Å². The number of rotatable bonds is 2. The van der Waals surface area contributed by atoms with E-state index in [2.05, 4.69) is 59.0 Å². The van der Waals surface area contributed by atoms with Crippen LogP contribution in [0.1, 0.15) is 64.5 Å². The summed E-state index contributed by atoms with van der Waals surface area (Å²) < 4.78 is 6.24. The van der Waals surface area contributed by atoms with Crippen molar-refractivity contribution < 1.29 is 9.66 Å². The summed E-state index contributed by atoms with van der Waals surface area (Å²) in [6, 6.07) is 10.9. The van der Waals surface area contributed by atoms with Gasteiger partial charge >= 0.3 is 0 Å². The fraction of sp³-hybridized carbons (Fsp3) is 0.429. The summed E-state index contributed by atoms with van der Waals surface area (Å²) in [4.78, 5) is 10.5. The molecule has 1 unspecified atom stereocenters. The van der Waals surface area contributed by atoms with Gasteiger partial charge in [0.2, 0.25) is 0 Å². The Morgan fingerprint density at radius 1 is 1.00 bits per heavy atom. The van der Waals surface area contributed by atoms with Crippen LogP contribution in [0.15, 0.2) is 36.4 Å². The maximum atomic E-state index is 10.9. The smallest absolute Gasteiger partial charge is 0.269 e. The van der Waals surface area contributed by atoms with Gasteiger partial charge in [-0.1, -0.05) is 47.6 Å². The van der Waals surface area contributed by atoms with Crippen LogP contribution >= 0.6 is 0 Å². The van der Waals surface area contributed by atoms with Gasteiger partial charge in [-0.25, -0.2) is 0 Å². The largest absolute Gasteiger partial charge is 0.464 e. The number of nitrogens with zero attached hydrogens (tertiary/aromatic N) is 1. The van der Waals surface area contributed by atoms with Crippen LogP contribution in [0.4, 0.5) is 11.4 Å². The molecule has 1 aliphatic rings. The van der Waals surface area contributed by atoms with Crippen molar-refractivity contribution in [2.24, 2.45) is 0 Å². The van der Waals surface area contributed by atoms with E-state index in [1.54, 1.807) is 12.1 Å². The number of nitro groups is 1. The third kappa shape index (κ3) is 3.39. The summed E-state index contributed by atoms with van der Waals surface area (Å²) in [6.07, 6.45) is -0.345. The Morgan fingerprint density at radius 3 is 2.12 bits per heavy atom. The molecule has 5 heteroatoms. The zero-order valence-electron chi connectivity index (χ0n) is 16.2. The van der Waals surface area contributed by atoms with Gasteiger partial charge in [0.25, 0.3) is 5.69 Å². The molecule has 0 radical (unpaired) electrons. The van der Waals surface area contributed by atoms with Crippen LogP contribution in [0.3, 0.4) is 0 Å². The predicted octanol–water partition coefficient (Wildman–Crippen LogP) is 5.69. The van der Waals surface area contributed by atoms with Gasteiger partial charge in [-0.15, -0.1) is 0 Å². The monoisotopic (exact) mass is 354 g/mol. The topological polar surface area (TPSA) is 64.4 Å². The first-order valence-electron chi connectivity index (χ1n) is 8.83. The van der Waals surface area contributed by atoms with E-state index < -0.39 is 4.92 Å². The second kappa shape index (κ2) is 6.01. The second-order valence-corrected chi connectivity index (χ2v) is 8.89. The molecule has 3 rings (SSSR count). The molecule has 0 saturated carbocycles. The third-order valence-electron chi connectivity index (χ3n) is 4.69. The van der Waals surface area contributed by atoms with Gasteiger partial charge in [0, 0.05) is 23.3 Å². The minimum atomic E-state index is -0.394. The molecule has 0 fully saturated rings. The van der Waals surface area contributed by atoms with Crippen molar-refractivity contribution in [3.05, 3.63) is 63.2 Å². The number of hydrogen-bond donors (Lipinski definition) is 1. The number of nitro benzene ring substituents is 1. The van der Waals surface area contributed by atoms with Crippen molar-refractivity contribution in [2.75, 3.05) is 5.32 Å². The van der Waals surface area contributed by atoms with Crippen LogP contribution in [0.2, 0.25) is 0 Å². The van der Waals surface area contributed by atoms with Crippen molar-refractivity contribution in [1.29, 1.82) is 0 Å². The molecule has 0 aliphatic carbocycles. The Labute approximate surface area is 154 Å². The van der Waals surface area contributed by atoms with E-state index in [-0.39, 0.29) is 22.7 Å². The van der Waals surface area contributed by atoms with Crippen LogP contribution in [-0.2, 0) is 10.8 Å². The zero-order valence-corrected chi connectivity index (χ0v) is 16.2. The molecule has 1 heterocycles. The van der Waals surface area contributed by atoms with Gasteiger partial charge in [0.05, 0.1) is 10.6 Å². The number of fused-ring (bicyclic) bond motifs is 1. The molecule has 138 valence electrons. The van der Waals surface area contributed by atoms with E-state index in [1.165, 1.54) is 17.7 Å². The highest BCUT2D eigenvalue weighted by Crippen LogP contribution is 2.47. The number of hydrogen-bond acceptors (Lipinski definition) is 4. The van der Waals surface area contributed by atoms with Crippen molar-refractivity contribution in [1.82, 2.24) is 0 Å². The predicted molar refractivity (Wildman–Crippen MR) is 104 cm³/mol. The summed E-state index contributed by atoms with van der Waals surface area (Å²) >= 11 is 0. The molecule has 1 atom stereocenters. The molecule has 0 aromatic heterocycles. The maximum absolute atomic E-state index is 10.9. The highest BCUT2D eigenvalue weighted by Gasteiger charge is 2.32. The molecule has 2 aromatic rings. The van der Waals surface area contributed by atoms with Gasteiger partial charge < -0.3 is 10.1 Å². The van der Waals surface area contributed by atoms with Gasteiger partial charge in [-0.3, -0.25) is 10.1 Å². The lowest BCUT2D eigenvalue weighted by atomic mass is 9.80. The number of anilines is 1. The number of benzene rings is 2. The fourth-order valence-electron chi connectivity index (χ4n) is 3.06. The van der Waals surface area contributed by atoms with Crippen LogP contribution < -0.4 is 10.1 Å². The summed E-state index contributed by atoms with van der Waals surface area (Å²) in [6.45, 7) is 13.1. The molecule has 0 amide bonds. The number of ether oxygens (including phenoxy) is 1. The maximum Gasteiger partial charge on any atom is 0.269 e. The quantitative estimate of drug-likeness (QED) is 0.555. The third-order valence-corrected chi connectivity index (χ3v) is 4.69. The normalized spacial score (nSPS) is 16.6. The van der Waals surface area contributed by atoms with Gasteiger partial charge in [-0.2, -0.15) is 0 Å². The van der Waals surface area contributed by atoms with Crippen molar-refractivity contribution >= 4 is 11.4 Å². The van der Waals surface area contributed by atoms with Crippen LogP contribution in [0.5, 0.6) is 5.75 Å². The van der Waals surface area contributed by atoms with Crippen LogP contribution in [0.25, 0.3) is 0 Å². The van der Waals surface area contributed by atoms with E-state index >= 15 is 0 Å². The van der Waals surface area contributed by atoms with Crippen LogP contribution in [-0.4, -0.2) is 4.92 Å². The minimum Gasteiger partial charge on any atom is -0.464 e. The van der Waals surface area contributed by atoms with E-state index in [0.717, 1.165) is 22.6 Å². The molecule has 0 saturated heterocycles. The Kier molecular flexibility index (Phi) is 4.21. The summed E-state index contributed by atoms with van der Waals surface area (Å²) in [5.41, 5.74) is 4.31. The first-order chi connectivity index (χ1) is 12.0. The standard InChI is InChI=1S/C21H26N2O3/c1-20(2,3)14-11-16(21(4,5)6)18-17(12-14)22-19(26-18)13-7-9-15(10-8-13)23(24)25/h7-12,19,22H,1-6H3. The van der Waals surface area contributed by atoms with Gasteiger partial charge in [0.15, 0.2) is 6.23 Å². The van der Waals surface area contributed by atoms with Gasteiger partial charge in [0.1, 0.15) is 5.75 Å². The molecule has 2 aromatic carbocycles. The van der Waals surface area contributed by atoms with Crippen molar-refractivity contribution in [3.8, 4) is 5.75 Å². The fourth-order valence-corrected chi connectivity index (χ4v) is 3.06. The van der Waals surface area contributed by atoms with Crippen molar-refractivity contribution in [3.63, 3.8) is 0 Å². The first kappa shape index (κ1) is 18.2. The lowest BCUT2D eigenvalue weighted by Gasteiger charge is -2.26. The molecule has 26 heavy (non-hydrogen) atoms. The Hall–Kier alpha value is -2.56. The summed E-state index contributed by atoms with van der Waals surface area (Å²) in [5, 5.41) is 14.3. The van der Waals surface area contributed by atoms with Crippen LogP contribution in [0, 0.1) is 10.1 Å². The minimum absolute atomic E-state index is 0.0299. The van der Waals surface area contributed by atoms with E-state index in [0.29, 0.717) is 0 Å². The SMILES string of the molecule is CC(C)(C)c1cc2c(c(C(C)(C)C)c1)OC(c1ccc([N+](=O)[O-])cc1)N2. The van der Waals surface area contributed by atoms with Gasteiger partial charge in [-0.05, 0) is 34.6 Å². The Balaban J connectivity index is 2.00. The first-order valence-corrected chi connectivity index (χ1v) is 8.83. The summed E-state index contributed by atoms with van der Waals surface area (Å²) in [7, 11) is 0. The molecule has 0 spiro atoms. The lowest BCUT2D eigenvalue weighted by molar-refractivity contribution is -0.384. The highest BCUT2D eigenvalue weighted by atomic mass is 16.6. The average molecular weight is 354 g/mol. The highest BCUT2D eigenvalue weighted by molar-refractivity contribution is 5.68. The molecular weight excluding hydrogens is 328 g/mol. The molecule has 5 nitrogen and oxygen atoms in total. The van der Waals surface area contributed by atoms with E-state index in [9.17, 15) is 10.1 Å².